The summed E-state index contributed by atoms with van der Waals surface area (Å²) < 4.78 is 13.0. The Balaban J connectivity index is 1.72. The molecule has 1 aromatic heterocycles. The molecule has 0 aliphatic carbocycles. The average molecular weight is 355 g/mol. The van der Waals surface area contributed by atoms with Crippen LogP contribution >= 0.6 is 11.6 Å². The number of carbonyl (C=O) groups excluding carboxylic acids is 1. The minimum absolute atomic E-state index is 0.199. The summed E-state index contributed by atoms with van der Waals surface area (Å²) in [5.74, 6) is -0.499. The topological polar surface area (TPSA) is 42.0 Å². The van der Waals surface area contributed by atoms with Crippen LogP contribution in [-0.2, 0) is 0 Å². The Bertz CT molecular complexity index is 879. The third-order valence-electron chi connectivity index (χ3n) is 3.90. The van der Waals surface area contributed by atoms with Crippen molar-refractivity contribution in [3.05, 3.63) is 88.8 Å². The maximum atomic E-state index is 13.0. The highest BCUT2D eigenvalue weighted by molar-refractivity contribution is 6.33. The van der Waals surface area contributed by atoms with Crippen LogP contribution in [0.15, 0.2) is 66.9 Å². The van der Waals surface area contributed by atoms with Crippen LogP contribution in [0.3, 0.4) is 0 Å². The van der Waals surface area contributed by atoms with Gasteiger partial charge in [-0.2, -0.15) is 0 Å². The number of rotatable bonds is 4. The van der Waals surface area contributed by atoms with Gasteiger partial charge in [0.1, 0.15) is 5.82 Å². The van der Waals surface area contributed by atoms with Crippen LogP contribution in [0.1, 0.15) is 28.9 Å². The Morgan fingerprint density at radius 3 is 2.40 bits per heavy atom. The zero-order valence-corrected chi connectivity index (χ0v) is 14.3. The van der Waals surface area contributed by atoms with E-state index < -0.39 is 0 Å². The summed E-state index contributed by atoms with van der Waals surface area (Å²) in [5, 5.41) is 3.46. The van der Waals surface area contributed by atoms with Crippen LogP contribution in [0.25, 0.3) is 11.3 Å². The van der Waals surface area contributed by atoms with Crippen molar-refractivity contribution >= 4 is 17.5 Å². The second kappa shape index (κ2) is 7.45. The fourth-order valence-corrected chi connectivity index (χ4v) is 2.72. The molecule has 1 amide bonds. The van der Waals surface area contributed by atoms with E-state index >= 15 is 0 Å². The molecule has 3 aromatic rings. The molecule has 5 heteroatoms. The Kier molecular flexibility index (Phi) is 5.10. The lowest BCUT2D eigenvalue weighted by Crippen LogP contribution is -2.26. The van der Waals surface area contributed by atoms with Crippen molar-refractivity contribution in [2.45, 2.75) is 13.0 Å². The number of nitrogens with zero attached hydrogens (tertiary/aromatic N) is 1. The number of aromatic nitrogens is 1. The largest absolute Gasteiger partial charge is 0.346 e. The van der Waals surface area contributed by atoms with Crippen molar-refractivity contribution in [2.24, 2.45) is 0 Å². The van der Waals surface area contributed by atoms with E-state index in [0.717, 1.165) is 11.1 Å². The van der Waals surface area contributed by atoms with Crippen molar-refractivity contribution < 1.29 is 9.18 Å². The predicted octanol–water partition coefficient (Wildman–Crippen LogP) is 5.03. The van der Waals surface area contributed by atoms with Gasteiger partial charge in [0.25, 0.3) is 5.91 Å². The van der Waals surface area contributed by atoms with E-state index in [0.29, 0.717) is 16.3 Å². The molecule has 1 heterocycles. The molecule has 1 N–H and O–H groups in total. The van der Waals surface area contributed by atoms with Gasteiger partial charge in [0, 0.05) is 17.3 Å². The number of hydrogen-bond donors (Lipinski definition) is 1. The molecule has 0 fully saturated rings. The molecule has 25 heavy (non-hydrogen) atoms. The summed E-state index contributed by atoms with van der Waals surface area (Å²) in [6.45, 7) is 1.85. The number of amides is 1. The van der Waals surface area contributed by atoms with E-state index in [9.17, 15) is 9.18 Å². The van der Waals surface area contributed by atoms with Crippen LogP contribution in [0.4, 0.5) is 4.39 Å². The Morgan fingerprint density at radius 2 is 1.76 bits per heavy atom. The Morgan fingerprint density at radius 1 is 1.08 bits per heavy atom. The Hall–Kier alpha value is -2.72. The molecule has 3 rings (SSSR count). The molecular formula is C20H16ClFN2O. The van der Waals surface area contributed by atoms with E-state index in [1.165, 1.54) is 12.1 Å². The van der Waals surface area contributed by atoms with E-state index in [1.54, 1.807) is 42.6 Å². The van der Waals surface area contributed by atoms with E-state index in [-0.39, 0.29) is 17.8 Å². The van der Waals surface area contributed by atoms with Gasteiger partial charge in [-0.05, 0) is 48.9 Å². The highest BCUT2D eigenvalue weighted by atomic mass is 35.5. The smallest absolute Gasteiger partial charge is 0.251 e. The first-order chi connectivity index (χ1) is 12.0. The first-order valence-corrected chi connectivity index (χ1v) is 8.19. The number of halogens is 2. The van der Waals surface area contributed by atoms with E-state index in [2.05, 4.69) is 10.3 Å². The fourth-order valence-electron chi connectivity index (χ4n) is 2.49. The normalized spacial score (nSPS) is 11.8. The monoisotopic (exact) mass is 354 g/mol. The van der Waals surface area contributed by atoms with Crippen molar-refractivity contribution in [3.63, 3.8) is 0 Å². The number of benzene rings is 2. The highest BCUT2D eigenvalue weighted by Gasteiger charge is 2.12. The first-order valence-electron chi connectivity index (χ1n) is 7.82. The summed E-state index contributed by atoms with van der Waals surface area (Å²) in [4.78, 5) is 16.6. The van der Waals surface area contributed by atoms with Crippen molar-refractivity contribution in [1.29, 1.82) is 0 Å². The third kappa shape index (κ3) is 4.03. The molecule has 0 spiro atoms. The van der Waals surface area contributed by atoms with Gasteiger partial charge in [-0.25, -0.2) is 4.39 Å². The molecule has 0 radical (unpaired) electrons. The minimum atomic E-state index is -0.300. The quantitative estimate of drug-likeness (QED) is 0.713. The lowest BCUT2D eigenvalue weighted by Gasteiger charge is -2.14. The molecule has 126 valence electrons. The van der Waals surface area contributed by atoms with Crippen LogP contribution < -0.4 is 5.32 Å². The predicted molar refractivity (Wildman–Crippen MR) is 97.0 cm³/mol. The molecule has 0 aliphatic heterocycles. The van der Waals surface area contributed by atoms with Crippen LogP contribution in [0.5, 0.6) is 0 Å². The average Bonchev–Trinajstić information content (AvgIpc) is 2.63. The lowest BCUT2D eigenvalue weighted by molar-refractivity contribution is 0.0940. The van der Waals surface area contributed by atoms with Gasteiger partial charge in [-0.1, -0.05) is 35.9 Å². The second-order valence-corrected chi connectivity index (χ2v) is 6.07. The minimum Gasteiger partial charge on any atom is -0.346 e. The van der Waals surface area contributed by atoms with Crippen LogP contribution in [0, 0.1) is 5.82 Å². The molecule has 0 bridgehead atoms. The molecule has 0 saturated heterocycles. The zero-order chi connectivity index (χ0) is 17.8. The van der Waals surface area contributed by atoms with Crippen LogP contribution in [0.2, 0.25) is 5.02 Å². The van der Waals surface area contributed by atoms with Crippen molar-refractivity contribution in [3.8, 4) is 11.3 Å². The first kappa shape index (κ1) is 17.1. The molecule has 0 saturated carbocycles. The van der Waals surface area contributed by atoms with E-state index in [1.807, 2.05) is 19.1 Å². The number of nitrogens with one attached hydrogen (secondary N) is 1. The molecule has 0 aliphatic rings. The molecule has 2 aromatic carbocycles. The maximum Gasteiger partial charge on any atom is 0.251 e. The van der Waals surface area contributed by atoms with Gasteiger partial charge in [0.05, 0.1) is 16.8 Å². The van der Waals surface area contributed by atoms with Gasteiger partial charge in [-0.15, -0.1) is 0 Å². The standard InChI is InChI=1S/C20H16ClFN2O/c1-13(14-8-10-17(22)11-9-14)24-20(25)16-6-4-15(5-7-16)19-18(21)3-2-12-23-19/h2-13H,1H3,(H,24,25). The van der Waals surface area contributed by atoms with Gasteiger partial charge in [0.2, 0.25) is 0 Å². The summed E-state index contributed by atoms with van der Waals surface area (Å²) in [6, 6.07) is 16.5. The second-order valence-electron chi connectivity index (χ2n) is 5.66. The molecule has 3 nitrogen and oxygen atoms in total. The Labute approximate surface area is 150 Å². The van der Waals surface area contributed by atoms with Gasteiger partial charge >= 0.3 is 0 Å². The summed E-state index contributed by atoms with van der Waals surface area (Å²) in [7, 11) is 0. The number of hydrogen-bond acceptors (Lipinski definition) is 2. The fraction of sp³-hybridized carbons (Fsp3) is 0.100. The van der Waals surface area contributed by atoms with Crippen molar-refractivity contribution in [2.75, 3.05) is 0 Å². The van der Waals surface area contributed by atoms with Crippen LogP contribution in [-0.4, -0.2) is 10.9 Å². The maximum absolute atomic E-state index is 13.0. The van der Waals surface area contributed by atoms with Gasteiger partial charge in [0.15, 0.2) is 0 Å². The van der Waals surface area contributed by atoms with Gasteiger partial charge in [-0.3, -0.25) is 9.78 Å². The SMILES string of the molecule is CC(NC(=O)c1ccc(-c2ncccc2Cl)cc1)c1ccc(F)cc1. The molecular weight excluding hydrogens is 339 g/mol. The number of pyridine rings is 1. The van der Waals surface area contributed by atoms with Gasteiger partial charge < -0.3 is 5.32 Å². The molecule has 1 unspecified atom stereocenters. The zero-order valence-electron chi connectivity index (χ0n) is 13.5. The summed E-state index contributed by atoms with van der Waals surface area (Å²) in [6.07, 6.45) is 1.67. The highest BCUT2D eigenvalue weighted by Crippen LogP contribution is 2.25. The number of carbonyl (C=O) groups is 1. The summed E-state index contributed by atoms with van der Waals surface area (Å²) >= 11 is 6.14. The lowest BCUT2D eigenvalue weighted by atomic mass is 10.1. The van der Waals surface area contributed by atoms with Crippen molar-refractivity contribution in [1.82, 2.24) is 10.3 Å². The third-order valence-corrected chi connectivity index (χ3v) is 4.20. The van der Waals surface area contributed by atoms with E-state index in [4.69, 9.17) is 11.6 Å². The summed E-state index contributed by atoms with van der Waals surface area (Å²) in [5.41, 5.74) is 2.89. The molecule has 1 atom stereocenters.